The van der Waals surface area contributed by atoms with Gasteiger partial charge in [0, 0.05) is 6.20 Å². The Labute approximate surface area is 116 Å². The van der Waals surface area contributed by atoms with Gasteiger partial charge in [-0.1, -0.05) is 12.1 Å². The summed E-state index contributed by atoms with van der Waals surface area (Å²) in [6.07, 6.45) is 1.52. The largest absolute Gasteiger partial charge is 0.478 e. The van der Waals surface area contributed by atoms with E-state index >= 15 is 0 Å². The molecule has 0 aliphatic heterocycles. The van der Waals surface area contributed by atoms with Gasteiger partial charge in [-0.05, 0) is 36.8 Å². The Hall–Kier alpha value is -2.21. The smallest absolute Gasteiger partial charge is 0.335 e. The van der Waals surface area contributed by atoms with Crippen LogP contribution in [0.5, 0.6) is 0 Å². The fourth-order valence-electron chi connectivity index (χ4n) is 1.94. The minimum Gasteiger partial charge on any atom is -0.478 e. The number of hydrogen-bond acceptors (Lipinski definition) is 4. The first-order valence-corrected chi connectivity index (χ1v) is 7.52. The molecule has 20 heavy (non-hydrogen) atoms. The average Bonchev–Trinajstić information content (AvgIpc) is 2.39. The number of aromatic nitrogens is 1. The third-order valence-corrected chi connectivity index (χ3v) is 4.70. The van der Waals surface area contributed by atoms with Crippen LogP contribution in [0.4, 0.5) is 0 Å². The Morgan fingerprint density at radius 2 is 1.95 bits per heavy atom. The van der Waals surface area contributed by atoms with Crippen LogP contribution in [0.15, 0.2) is 47.5 Å². The van der Waals surface area contributed by atoms with Crippen LogP contribution in [-0.4, -0.2) is 24.5 Å². The van der Waals surface area contributed by atoms with Crippen molar-refractivity contribution in [3.8, 4) is 0 Å². The van der Waals surface area contributed by atoms with E-state index in [0.29, 0.717) is 5.69 Å². The number of hydrogen-bond donors (Lipinski definition) is 1. The third kappa shape index (κ3) is 2.85. The molecule has 0 atom stereocenters. The molecule has 1 aromatic carbocycles. The summed E-state index contributed by atoms with van der Waals surface area (Å²) in [6.45, 7) is 1.49. The normalized spacial score (nSPS) is 11.2. The second kappa shape index (κ2) is 5.42. The van der Waals surface area contributed by atoms with Crippen LogP contribution in [0.25, 0.3) is 0 Å². The van der Waals surface area contributed by atoms with E-state index in [1.54, 1.807) is 18.2 Å². The highest BCUT2D eigenvalue weighted by Crippen LogP contribution is 2.22. The lowest BCUT2D eigenvalue weighted by Gasteiger charge is -2.09. The summed E-state index contributed by atoms with van der Waals surface area (Å²) in [5, 5.41) is 9.04. The Morgan fingerprint density at radius 3 is 2.55 bits per heavy atom. The van der Waals surface area contributed by atoms with Crippen LogP contribution >= 0.6 is 0 Å². The summed E-state index contributed by atoms with van der Waals surface area (Å²) < 4.78 is 24.7. The fourth-order valence-corrected chi connectivity index (χ4v) is 3.52. The second-order valence-corrected chi connectivity index (χ2v) is 6.27. The molecule has 2 rings (SSSR count). The number of carbonyl (C=O) groups is 1. The molecule has 0 saturated carbocycles. The van der Waals surface area contributed by atoms with Crippen molar-refractivity contribution in [2.24, 2.45) is 0 Å². The van der Waals surface area contributed by atoms with Crippen LogP contribution < -0.4 is 0 Å². The van der Waals surface area contributed by atoms with Crippen molar-refractivity contribution in [1.29, 1.82) is 0 Å². The zero-order chi connectivity index (χ0) is 14.8. The standard InChI is InChI=1S/C14H13NO4S/c1-10-12(14(16)17)6-4-7-13(10)20(18,19)9-11-5-2-3-8-15-11/h2-8H,9H2,1H3,(H,16,17). The maximum atomic E-state index is 12.4. The summed E-state index contributed by atoms with van der Waals surface area (Å²) in [4.78, 5) is 15.1. The molecule has 0 bridgehead atoms. The minimum absolute atomic E-state index is 0.00732. The number of carboxylic acids is 1. The van der Waals surface area contributed by atoms with Gasteiger partial charge < -0.3 is 5.11 Å². The predicted molar refractivity (Wildman–Crippen MR) is 73.3 cm³/mol. The molecule has 0 saturated heterocycles. The van der Waals surface area contributed by atoms with Crippen LogP contribution in [0, 0.1) is 6.92 Å². The van der Waals surface area contributed by atoms with Gasteiger partial charge in [-0.15, -0.1) is 0 Å². The van der Waals surface area contributed by atoms with E-state index in [0.717, 1.165) is 0 Å². The Bertz CT molecular complexity index is 739. The highest BCUT2D eigenvalue weighted by Gasteiger charge is 2.21. The van der Waals surface area contributed by atoms with Gasteiger partial charge >= 0.3 is 5.97 Å². The monoisotopic (exact) mass is 291 g/mol. The predicted octanol–water partition coefficient (Wildman–Crippen LogP) is 2.06. The molecule has 2 aromatic rings. The number of rotatable bonds is 4. The van der Waals surface area contributed by atoms with Gasteiger partial charge in [0.1, 0.15) is 0 Å². The first kappa shape index (κ1) is 14.2. The summed E-state index contributed by atoms with van der Waals surface area (Å²) >= 11 is 0. The maximum absolute atomic E-state index is 12.4. The Kier molecular flexibility index (Phi) is 3.85. The van der Waals surface area contributed by atoms with Gasteiger partial charge in [-0.25, -0.2) is 13.2 Å². The number of carboxylic acid groups (broad SMARTS) is 1. The van der Waals surface area contributed by atoms with Crippen LogP contribution in [0.1, 0.15) is 21.6 Å². The first-order valence-electron chi connectivity index (χ1n) is 5.87. The topological polar surface area (TPSA) is 84.3 Å². The average molecular weight is 291 g/mol. The molecule has 0 spiro atoms. The summed E-state index contributed by atoms with van der Waals surface area (Å²) in [5.41, 5.74) is 0.663. The van der Waals surface area contributed by atoms with E-state index in [9.17, 15) is 13.2 Å². The quantitative estimate of drug-likeness (QED) is 0.932. The van der Waals surface area contributed by atoms with Crippen LogP contribution in [0.3, 0.4) is 0 Å². The van der Waals surface area contributed by atoms with Gasteiger partial charge in [-0.2, -0.15) is 0 Å². The van der Waals surface area contributed by atoms with E-state index < -0.39 is 15.8 Å². The van der Waals surface area contributed by atoms with E-state index in [2.05, 4.69) is 4.98 Å². The number of benzene rings is 1. The lowest BCUT2D eigenvalue weighted by atomic mass is 10.1. The van der Waals surface area contributed by atoms with Gasteiger partial charge in [-0.3, -0.25) is 4.98 Å². The molecule has 1 aromatic heterocycles. The molecule has 0 aliphatic carbocycles. The summed E-state index contributed by atoms with van der Waals surface area (Å²) in [7, 11) is -3.63. The highest BCUT2D eigenvalue weighted by molar-refractivity contribution is 7.90. The van der Waals surface area contributed by atoms with Gasteiger partial charge in [0.15, 0.2) is 9.84 Å². The van der Waals surface area contributed by atoms with E-state index in [1.807, 2.05) is 0 Å². The van der Waals surface area contributed by atoms with Gasteiger partial charge in [0.05, 0.1) is 21.9 Å². The molecule has 104 valence electrons. The molecule has 5 nitrogen and oxygen atoms in total. The number of aromatic carboxylic acids is 1. The van der Waals surface area contributed by atoms with Crippen molar-refractivity contribution in [1.82, 2.24) is 4.98 Å². The van der Waals surface area contributed by atoms with Gasteiger partial charge in [0.25, 0.3) is 0 Å². The molecular weight excluding hydrogens is 278 g/mol. The van der Waals surface area contributed by atoms with E-state index in [-0.39, 0.29) is 21.8 Å². The molecule has 0 unspecified atom stereocenters. The molecule has 1 N–H and O–H groups in total. The number of pyridine rings is 1. The number of sulfone groups is 1. The molecule has 0 aliphatic rings. The molecule has 0 radical (unpaired) electrons. The number of nitrogens with zero attached hydrogens (tertiary/aromatic N) is 1. The zero-order valence-corrected chi connectivity index (χ0v) is 11.6. The zero-order valence-electron chi connectivity index (χ0n) is 10.8. The van der Waals surface area contributed by atoms with Crippen molar-refractivity contribution in [2.45, 2.75) is 17.6 Å². The molecule has 0 fully saturated rings. The SMILES string of the molecule is Cc1c(C(=O)O)cccc1S(=O)(=O)Cc1ccccn1. The first-order chi connectivity index (χ1) is 9.42. The van der Waals surface area contributed by atoms with Crippen molar-refractivity contribution in [3.05, 3.63) is 59.4 Å². The van der Waals surface area contributed by atoms with Crippen molar-refractivity contribution in [2.75, 3.05) is 0 Å². The van der Waals surface area contributed by atoms with E-state index in [4.69, 9.17) is 5.11 Å². The summed E-state index contributed by atoms with van der Waals surface area (Å²) in [6, 6.07) is 9.26. The van der Waals surface area contributed by atoms with Crippen LogP contribution in [0.2, 0.25) is 0 Å². The molecule has 1 heterocycles. The second-order valence-electron chi connectivity index (χ2n) is 4.31. The van der Waals surface area contributed by atoms with Crippen molar-refractivity contribution >= 4 is 15.8 Å². The third-order valence-electron chi connectivity index (χ3n) is 2.91. The lowest BCUT2D eigenvalue weighted by Crippen LogP contribution is -2.10. The fraction of sp³-hybridized carbons (Fsp3) is 0.143. The molecular formula is C14H13NO4S. The molecule has 6 heteroatoms. The molecule has 0 amide bonds. The van der Waals surface area contributed by atoms with Crippen molar-refractivity contribution < 1.29 is 18.3 Å². The maximum Gasteiger partial charge on any atom is 0.335 e. The Morgan fingerprint density at radius 1 is 1.20 bits per heavy atom. The minimum atomic E-state index is -3.63. The summed E-state index contributed by atoms with van der Waals surface area (Å²) in [5.74, 6) is -1.39. The van der Waals surface area contributed by atoms with Crippen molar-refractivity contribution in [3.63, 3.8) is 0 Å². The highest BCUT2D eigenvalue weighted by atomic mass is 32.2. The van der Waals surface area contributed by atoms with Crippen LogP contribution in [-0.2, 0) is 15.6 Å². The van der Waals surface area contributed by atoms with Gasteiger partial charge in [0.2, 0.25) is 0 Å². The lowest BCUT2D eigenvalue weighted by molar-refractivity contribution is 0.0696. The Balaban J connectivity index is 2.45. The van der Waals surface area contributed by atoms with E-state index in [1.165, 1.54) is 31.3 Å².